The molecule has 172 valence electrons. The normalized spacial score (nSPS) is 14.5. The highest BCUT2D eigenvalue weighted by Gasteiger charge is 2.29. The Morgan fingerprint density at radius 3 is 2.50 bits per heavy atom. The molecule has 0 saturated heterocycles. The van der Waals surface area contributed by atoms with Crippen LogP contribution in [0.4, 0.5) is 5.69 Å². The minimum absolute atomic E-state index is 0.0352. The van der Waals surface area contributed by atoms with E-state index < -0.39 is 0 Å². The quantitative estimate of drug-likeness (QED) is 0.540. The first-order chi connectivity index (χ1) is 15.4. The standard InChI is InChI=1S/C24H30N2O6/c1-14(28)26-18-8-6-15-12-21(30-2)23(31-3)24(32-4)22(15)16-7-9-19(25-10-5-11-27)20(29)13-17(16)18/h7,9,12-13,18,27H,5-6,8,10-11H2,1-4H3,(H,25,29)(H,26,28). The number of nitrogens with one attached hydrogen (secondary N) is 2. The summed E-state index contributed by atoms with van der Waals surface area (Å²) < 4.78 is 16.9. The van der Waals surface area contributed by atoms with E-state index in [1.54, 1.807) is 33.5 Å². The lowest BCUT2D eigenvalue weighted by Crippen LogP contribution is -2.26. The van der Waals surface area contributed by atoms with E-state index in [0.717, 1.165) is 16.7 Å². The van der Waals surface area contributed by atoms with Gasteiger partial charge in [0.1, 0.15) is 0 Å². The monoisotopic (exact) mass is 442 g/mol. The van der Waals surface area contributed by atoms with Crippen molar-refractivity contribution in [1.82, 2.24) is 5.32 Å². The number of methoxy groups -OCH3 is 3. The highest BCUT2D eigenvalue weighted by Crippen LogP contribution is 2.50. The van der Waals surface area contributed by atoms with Crippen LogP contribution < -0.4 is 30.3 Å². The third-order valence-electron chi connectivity index (χ3n) is 5.57. The number of fused-ring (bicyclic) bond motifs is 3. The Bertz CT molecular complexity index is 1050. The lowest BCUT2D eigenvalue weighted by Gasteiger charge is -2.19. The van der Waals surface area contributed by atoms with Gasteiger partial charge in [0, 0.05) is 25.6 Å². The summed E-state index contributed by atoms with van der Waals surface area (Å²) in [6, 6.07) is 6.74. The van der Waals surface area contributed by atoms with Crippen molar-refractivity contribution in [3.63, 3.8) is 0 Å². The van der Waals surface area contributed by atoms with Gasteiger partial charge < -0.3 is 30.0 Å². The molecule has 0 aliphatic heterocycles. The lowest BCUT2D eigenvalue weighted by molar-refractivity contribution is -0.119. The molecule has 1 aliphatic rings. The number of aliphatic hydroxyl groups is 1. The van der Waals surface area contributed by atoms with Crippen molar-refractivity contribution in [3.05, 3.63) is 45.6 Å². The first-order valence-corrected chi connectivity index (χ1v) is 10.6. The van der Waals surface area contributed by atoms with E-state index in [1.165, 1.54) is 6.92 Å². The zero-order valence-electron chi connectivity index (χ0n) is 18.9. The van der Waals surface area contributed by atoms with Crippen LogP contribution in [0.2, 0.25) is 0 Å². The van der Waals surface area contributed by atoms with Crippen molar-refractivity contribution in [2.75, 3.05) is 39.8 Å². The molecule has 0 saturated carbocycles. The van der Waals surface area contributed by atoms with E-state index in [-0.39, 0.29) is 24.0 Å². The molecule has 8 heteroatoms. The van der Waals surface area contributed by atoms with Crippen LogP contribution in [-0.4, -0.2) is 45.5 Å². The van der Waals surface area contributed by atoms with Crippen molar-refractivity contribution in [3.8, 4) is 28.4 Å². The molecular weight excluding hydrogens is 412 g/mol. The van der Waals surface area contributed by atoms with Gasteiger partial charge in [-0.1, -0.05) is 6.07 Å². The molecule has 1 atom stereocenters. The van der Waals surface area contributed by atoms with Gasteiger partial charge in [0.2, 0.25) is 17.1 Å². The number of hydrogen-bond donors (Lipinski definition) is 3. The smallest absolute Gasteiger partial charge is 0.217 e. The second-order valence-electron chi connectivity index (χ2n) is 7.60. The maximum absolute atomic E-state index is 13.0. The third kappa shape index (κ3) is 4.65. The van der Waals surface area contributed by atoms with Crippen LogP contribution in [0.5, 0.6) is 17.2 Å². The Kier molecular flexibility index (Phi) is 7.58. The second-order valence-corrected chi connectivity index (χ2v) is 7.60. The lowest BCUT2D eigenvalue weighted by atomic mass is 9.95. The molecule has 1 amide bonds. The fraction of sp³-hybridized carbons (Fsp3) is 0.417. The predicted molar refractivity (Wildman–Crippen MR) is 123 cm³/mol. The van der Waals surface area contributed by atoms with Crippen molar-refractivity contribution in [1.29, 1.82) is 0 Å². The molecule has 2 aromatic carbocycles. The van der Waals surface area contributed by atoms with E-state index >= 15 is 0 Å². The zero-order valence-corrected chi connectivity index (χ0v) is 18.9. The van der Waals surface area contributed by atoms with E-state index in [2.05, 4.69) is 10.6 Å². The predicted octanol–water partition coefficient (Wildman–Crippen LogP) is 2.66. The molecule has 1 unspecified atom stereocenters. The van der Waals surface area contributed by atoms with E-state index in [4.69, 9.17) is 19.3 Å². The number of ether oxygens (including phenoxy) is 3. The topological polar surface area (TPSA) is 106 Å². The van der Waals surface area contributed by atoms with Crippen LogP contribution in [0.1, 0.15) is 36.9 Å². The largest absolute Gasteiger partial charge is 0.493 e. The minimum Gasteiger partial charge on any atom is -0.493 e. The maximum atomic E-state index is 13.0. The molecule has 3 N–H and O–H groups in total. The molecule has 0 spiro atoms. The van der Waals surface area contributed by atoms with Gasteiger partial charge in [-0.3, -0.25) is 9.59 Å². The number of carbonyl (C=O) groups is 1. The van der Waals surface area contributed by atoms with E-state index in [1.807, 2.05) is 12.1 Å². The zero-order chi connectivity index (χ0) is 23.3. The number of anilines is 1. The Morgan fingerprint density at radius 2 is 1.88 bits per heavy atom. The molecule has 0 aromatic heterocycles. The average Bonchev–Trinajstić information content (AvgIpc) is 3.02. The maximum Gasteiger partial charge on any atom is 0.217 e. The summed E-state index contributed by atoms with van der Waals surface area (Å²) in [5.74, 6) is 1.36. The van der Waals surface area contributed by atoms with Crippen LogP contribution in [0, 0.1) is 0 Å². The van der Waals surface area contributed by atoms with Crippen molar-refractivity contribution >= 4 is 11.6 Å². The summed E-state index contributed by atoms with van der Waals surface area (Å²) in [4.78, 5) is 25.0. The number of carbonyl (C=O) groups excluding carboxylic acids is 1. The Labute approximate surface area is 187 Å². The van der Waals surface area contributed by atoms with Gasteiger partial charge in [-0.2, -0.15) is 0 Å². The summed E-state index contributed by atoms with van der Waals surface area (Å²) in [7, 11) is 4.69. The van der Waals surface area contributed by atoms with Gasteiger partial charge in [-0.15, -0.1) is 0 Å². The molecule has 0 heterocycles. The first-order valence-electron chi connectivity index (χ1n) is 10.6. The molecular formula is C24H30N2O6. The van der Waals surface area contributed by atoms with Gasteiger partial charge in [0.25, 0.3) is 0 Å². The van der Waals surface area contributed by atoms with Gasteiger partial charge >= 0.3 is 0 Å². The first kappa shape index (κ1) is 23.4. The van der Waals surface area contributed by atoms with Gasteiger partial charge in [0.05, 0.1) is 33.1 Å². The highest BCUT2D eigenvalue weighted by atomic mass is 16.5. The van der Waals surface area contributed by atoms with Crippen molar-refractivity contribution in [2.45, 2.75) is 32.2 Å². The summed E-state index contributed by atoms with van der Waals surface area (Å²) in [5.41, 5.74) is 3.51. The third-order valence-corrected chi connectivity index (χ3v) is 5.57. The van der Waals surface area contributed by atoms with Gasteiger partial charge in [-0.25, -0.2) is 0 Å². The minimum atomic E-state index is -0.345. The Balaban J connectivity index is 2.31. The summed E-state index contributed by atoms with van der Waals surface area (Å²) in [5, 5.41) is 15.1. The number of benzene rings is 1. The van der Waals surface area contributed by atoms with Gasteiger partial charge in [-0.05, 0) is 54.2 Å². The summed E-state index contributed by atoms with van der Waals surface area (Å²) in [6.45, 7) is 1.97. The molecule has 0 radical (unpaired) electrons. The molecule has 3 rings (SSSR count). The summed E-state index contributed by atoms with van der Waals surface area (Å²) >= 11 is 0. The number of rotatable bonds is 8. The van der Waals surface area contributed by atoms with Crippen LogP contribution in [0.15, 0.2) is 29.1 Å². The fourth-order valence-electron chi connectivity index (χ4n) is 4.16. The number of aliphatic hydroxyl groups excluding tert-OH is 1. The molecule has 32 heavy (non-hydrogen) atoms. The highest BCUT2D eigenvalue weighted by molar-refractivity contribution is 5.83. The second kappa shape index (κ2) is 10.4. The number of aryl methyl sites for hydroxylation is 1. The summed E-state index contributed by atoms with van der Waals surface area (Å²) in [6.07, 6.45) is 1.78. The van der Waals surface area contributed by atoms with E-state index in [0.29, 0.717) is 54.3 Å². The van der Waals surface area contributed by atoms with Crippen molar-refractivity contribution in [2.24, 2.45) is 0 Å². The Hall–Kier alpha value is -3.26. The van der Waals surface area contributed by atoms with Gasteiger partial charge in [0.15, 0.2) is 11.5 Å². The fourth-order valence-corrected chi connectivity index (χ4v) is 4.16. The van der Waals surface area contributed by atoms with Crippen LogP contribution in [-0.2, 0) is 11.2 Å². The molecule has 1 aliphatic carbocycles. The van der Waals surface area contributed by atoms with E-state index in [9.17, 15) is 9.59 Å². The van der Waals surface area contributed by atoms with Crippen LogP contribution in [0.25, 0.3) is 11.1 Å². The molecule has 8 nitrogen and oxygen atoms in total. The number of hydrogen-bond acceptors (Lipinski definition) is 7. The van der Waals surface area contributed by atoms with Crippen LogP contribution in [0.3, 0.4) is 0 Å². The molecule has 0 fully saturated rings. The van der Waals surface area contributed by atoms with Crippen molar-refractivity contribution < 1.29 is 24.1 Å². The number of amides is 1. The molecule has 2 aromatic rings. The molecule has 0 bridgehead atoms. The Morgan fingerprint density at radius 1 is 1.12 bits per heavy atom. The average molecular weight is 443 g/mol. The van der Waals surface area contributed by atoms with Crippen LogP contribution >= 0.6 is 0 Å². The SMILES string of the molecule is COc1cc2c(c(OC)c1OC)-c1ccc(NCCCO)c(=O)cc1C(NC(C)=O)CC2.